The summed E-state index contributed by atoms with van der Waals surface area (Å²) in [7, 11) is -3.47. The molecule has 3 heterocycles. The molecule has 2 aromatic heterocycles. The standard InChI is InChI=1S/C21H23N3O3S3/c1-3-10-24-17-7-6-15(2)14-18(17)29-21(24)22-20(25)16-8-11-23(12-9-16)30(26,27)19-5-4-13-28-19/h3-7,13-14,16H,1,8-12H2,2H3. The third-order valence-electron chi connectivity index (χ3n) is 5.25. The van der Waals surface area contributed by atoms with Gasteiger partial charge in [0.25, 0.3) is 15.9 Å². The van der Waals surface area contributed by atoms with Gasteiger partial charge in [0.15, 0.2) is 4.80 Å². The van der Waals surface area contributed by atoms with E-state index in [4.69, 9.17) is 0 Å². The monoisotopic (exact) mass is 461 g/mol. The number of aromatic nitrogens is 1. The summed E-state index contributed by atoms with van der Waals surface area (Å²) in [6.45, 7) is 7.11. The van der Waals surface area contributed by atoms with Crippen molar-refractivity contribution in [2.45, 2.75) is 30.5 Å². The van der Waals surface area contributed by atoms with E-state index in [0.29, 0.717) is 41.5 Å². The lowest BCUT2D eigenvalue weighted by Crippen LogP contribution is -2.40. The average Bonchev–Trinajstić information content (AvgIpc) is 3.38. The molecule has 30 heavy (non-hydrogen) atoms. The first kappa shape index (κ1) is 21.2. The number of sulfonamides is 1. The van der Waals surface area contributed by atoms with Gasteiger partial charge in [-0.1, -0.05) is 29.5 Å². The first-order chi connectivity index (χ1) is 14.4. The lowest BCUT2D eigenvalue weighted by molar-refractivity contribution is -0.122. The van der Waals surface area contributed by atoms with Crippen molar-refractivity contribution in [2.75, 3.05) is 13.1 Å². The predicted molar refractivity (Wildman–Crippen MR) is 121 cm³/mol. The maximum atomic E-state index is 12.9. The molecule has 0 saturated carbocycles. The molecule has 0 radical (unpaired) electrons. The molecule has 1 aliphatic heterocycles. The summed E-state index contributed by atoms with van der Waals surface area (Å²) >= 11 is 2.71. The second-order valence-corrected chi connectivity index (χ2v) is 11.4. The topological polar surface area (TPSA) is 71.7 Å². The molecule has 158 valence electrons. The number of amides is 1. The number of thiophene rings is 1. The van der Waals surface area contributed by atoms with Crippen LogP contribution in [-0.4, -0.2) is 36.3 Å². The molecule has 0 atom stereocenters. The normalized spacial score (nSPS) is 16.9. The first-order valence-electron chi connectivity index (χ1n) is 9.73. The lowest BCUT2D eigenvalue weighted by Gasteiger charge is -2.29. The van der Waals surface area contributed by atoms with Crippen molar-refractivity contribution in [3.05, 3.63) is 58.7 Å². The molecule has 0 N–H and O–H groups in total. The molecule has 1 aliphatic rings. The van der Waals surface area contributed by atoms with Crippen LogP contribution in [0.5, 0.6) is 0 Å². The van der Waals surface area contributed by atoms with Crippen molar-refractivity contribution in [1.82, 2.24) is 8.87 Å². The summed E-state index contributed by atoms with van der Waals surface area (Å²) < 4.78 is 30.3. The highest BCUT2D eigenvalue weighted by Crippen LogP contribution is 2.27. The fraction of sp³-hybridized carbons (Fsp3) is 0.333. The Morgan fingerprint density at radius 2 is 2.07 bits per heavy atom. The maximum Gasteiger partial charge on any atom is 0.252 e. The Hall–Kier alpha value is -2.07. The third-order valence-corrected chi connectivity index (χ3v) is 9.56. The number of piperidine rings is 1. The van der Waals surface area contributed by atoms with Crippen LogP contribution in [0.2, 0.25) is 0 Å². The van der Waals surface area contributed by atoms with Gasteiger partial charge < -0.3 is 4.57 Å². The van der Waals surface area contributed by atoms with Gasteiger partial charge in [-0.2, -0.15) is 9.30 Å². The van der Waals surface area contributed by atoms with E-state index >= 15 is 0 Å². The van der Waals surface area contributed by atoms with Crippen molar-refractivity contribution < 1.29 is 13.2 Å². The maximum absolute atomic E-state index is 12.9. The Labute approximate surface area is 183 Å². The second-order valence-electron chi connectivity index (χ2n) is 7.32. The Balaban J connectivity index is 1.54. The van der Waals surface area contributed by atoms with Gasteiger partial charge in [0, 0.05) is 25.6 Å². The summed E-state index contributed by atoms with van der Waals surface area (Å²) in [5.41, 5.74) is 2.20. The Kier molecular flexibility index (Phi) is 6.06. The molecule has 1 saturated heterocycles. The minimum atomic E-state index is -3.47. The Morgan fingerprint density at radius 1 is 1.30 bits per heavy atom. The van der Waals surface area contributed by atoms with Crippen LogP contribution < -0.4 is 4.80 Å². The van der Waals surface area contributed by atoms with Crippen LogP contribution in [0.4, 0.5) is 0 Å². The van der Waals surface area contributed by atoms with E-state index < -0.39 is 10.0 Å². The summed E-state index contributed by atoms with van der Waals surface area (Å²) in [6.07, 6.45) is 2.76. The molecule has 0 aliphatic carbocycles. The van der Waals surface area contributed by atoms with Gasteiger partial charge >= 0.3 is 0 Å². The molecule has 0 bridgehead atoms. The zero-order valence-corrected chi connectivity index (χ0v) is 19.1. The molecule has 1 fully saturated rings. The highest BCUT2D eigenvalue weighted by Gasteiger charge is 2.32. The first-order valence-corrected chi connectivity index (χ1v) is 12.9. The molecule has 4 rings (SSSR count). The van der Waals surface area contributed by atoms with Gasteiger partial charge in [0.05, 0.1) is 10.2 Å². The quantitative estimate of drug-likeness (QED) is 0.543. The minimum Gasteiger partial charge on any atom is -0.313 e. The van der Waals surface area contributed by atoms with Crippen LogP contribution in [0.15, 0.2) is 57.6 Å². The van der Waals surface area contributed by atoms with Gasteiger partial charge in [0.2, 0.25) is 0 Å². The van der Waals surface area contributed by atoms with Crippen LogP contribution in [0.3, 0.4) is 0 Å². The van der Waals surface area contributed by atoms with E-state index in [0.717, 1.165) is 15.8 Å². The Morgan fingerprint density at radius 3 is 2.73 bits per heavy atom. The number of nitrogens with zero attached hydrogens (tertiary/aromatic N) is 3. The van der Waals surface area contributed by atoms with Gasteiger partial charge in [0.1, 0.15) is 4.21 Å². The molecule has 0 spiro atoms. The molecule has 1 aromatic carbocycles. The number of hydrogen-bond acceptors (Lipinski definition) is 5. The Bertz CT molecular complexity index is 1250. The predicted octanol–water partition coefficient (Wildman–Crippen LogP) is 3.79. The van der Waals surface area contributed by atoms with Crippen LogP contribution >= 0.6 is 22.7 Å². The molecule has 6 nitrogen and oxygen atoms in total. The lowest BCUT2D eigenvalue weighted by atomic mass is 9.98. The fourth-order valence-corrected chi connectivity index (χ4v) is 7.39. The number of carbonyl (C=O) groups excluding carboxylic acids is 1. The molecular formula is C21H23N3O3S3. The molecular weight excluding hydrogens is 438 g/mol. The van der Waals surface area contributed by atoms with E-state index in [1.165, 1.54) is 27.0 Å². The third kappa shape index (κ3) is 4.07. The van der Waals surface area contributed by atoms with Crippen LogP contribution in [0.25, 0.3) is 10.2 Å². The number of carbonyl (C=O) groups is 1. The largest absolute Gasteiger partial charge is 0.313 e. The van der Waals surface area contributed by atoms with Crippen molar-refractivity contribution >= 4 is 48.8 Å². The van der Waals surface area contributed by atoms with Gasteiger partial charge in [-0.25, -0.2) is 8.42 Å². The van der Waals surface area contributed by atoms with Crippen molar-refractivity contribution in [2.24, 2.45) is 10.9 Å². The number of aryl methyl sites for hydroxylation is 1. The van der Waals surface area contributed by atoms with E-state index in [1.807, 2.05) is 23.6 Å². The summed E-state index contributed by atoms with van der Waals surface area (Å²) in [4.78, 5) is 18.0. The minimum absolute atomic E-state index is 0.177. The number of allylic oxidation sites excluding steroid dienone is 1. The van der Waals surface area contributed by atoms with Gasteiger partial charge in [-0.15, -0.1) is 17.9 Å². The molecule has 1 amide bonds. The van der Waals surface area contributed by atoms with Gasteiger partial charge in [-0.3, -0.25) is 4.79 Å². The van der Waals surface area contributed by atoms with Crippen molar-refractivity contribution in [3.8, 4) is 0 Å². The molecule has 3 aromatic rings. The van der Waals surface area contributed by atoms with Crippen molar-refractivity contribution in [3.63, 3.8) is 0 Å². The highest BCUT2D eigenvalue weighted by molar-refractivity contribution is 7.91. The number of benzene rings is 1. The number of hydrogen-bond donors (Lipinski definition) is 0. The number of thiazole rings is 1. The van der Waals surface area contributed by atoms with Crippen LogP contribution in [0.1, 0.15) is 18.4 Å². The van der Waals surface area contributed by atoms with E-state index in [-0.39, 0.29) is 11.8 Å². The summed E-state index contributed by atoms with van der Waals surface area (Å²) in [6, 6.07) is 9.54. The average molecular weight is 462 g/mol. The SMILES string of the molecule is C=CCn1c(=NC(=O)C2CCN(S(=O)(=O)c3cccs3)CC2)sc2cc(C)ccc21. The highest BCUT2D eigenvalue weighted by atomic mass is 32.2. The fourth-order valence-electron chi connectivity index (χ4n) is 3.64. The summed E-state index contributed by atoms with van der Waals surface area (Å²) in [5, 5.41) is 1.76. The molecule has 9 heteroatoms. The van der Waals surface area contributed by atoms with Crippen LogP contribution in [-0.2, 0) is 21.4 Å². The van der Waals surface area contributed by atoms with E-state index in [9.17, 15) is 13.2 Å². The van der Waals surface area contributed by atoms with E-state index in [2.05, 4.69) is 17.6 Å². The van der Waals surface area contributed by atoms with Crippen molar-refractivity contribution in [1.29, 1.82) is 0 Å². The zero-order valence-electron chi connectivity index (χ0n) is 16.7. The van der Waals surface area contributed by atoms with Gasteiger partial charge in [-0.05, 0) is 48.9 Å². The smallest absolute Gasteiger partial charge is 0.252 e. The number of fused-ring (bicyclic) bond motifs is 1. The number of rotatable bonds is 5. The van der Waals surface area contributed by atoms with E-state index in [1.54, 1.807) is 23.6 Å². The second kappa shape index (κ2) is 8.58. The van der Waals surface area contributed by atoms with Crippen LogP contribution in [0, 0.1) is 12.8 Å². The zero-order chi connectivity index (χ0) is 21.3. The summed E-state index contributed by atoms with van der Waals surface area (Å²) in [5.74, 6) is -0.437. The molecule has 0 unspecified atom stereocenters.